The first-order valence-corrected chi connectivity index (χ1v) is 7.97. The lowest BCUT2D eigenvalue weighted by molar-refractivity contribution is -0.161. The highest BCUT2D eigenvalue weighted by Gasteiger charge is 2.45. The summed E-state index contributed by atoms with van der Waals surface area (Å²) in [5.41, 5.74) is 2.29. The minimum Gasteiger partial charge on any atom is -0.458 e. The van der Waals surface area contributed by atoms with Crippen LogP contribution in [-0.2, 0) is 9.53 Å². The second-order valence-electron chi connectivity index (χ2n) is 6.25. The van der Waals surface area contributed by atoms with E-state index in [0.717, 1.165) is 12.0 Å². The highest BCUT2D eigenvalue weighted by Crippen LogP contribution is 2.48. The second-order valence-corrected chi connectivity index (χ2v) is 6.25. The average molecular weight is 294 g/mol. The molecule has 0 amide bonds. The Morgan fingerprint density at radius 2 is 1.64 bits per heavy atom. The van der Waals surface area contributed by atoms with E-state index in [-0.39, 0.29) is 18.0 Å². The molecule has 3 rings (SSSR count). The molecule has 0 heterocycles. The van der Waals surface area contributed by atoms with Crippen molar-refractivity contribution in [1.82, 2.24) is 0 Å². The van der Waals surface area contributed by atoms with E-state index >= 15 is 0 Å². The van der Waals surface area contributed by atoms with Crippen LogP contribution in [0.1, 0.15) is 43.4 Å². The van der Waals surface area contributed by atoms with Crippen molar-refractivity contribution in [1.29, 1.82) is 0 Å². The quantitative estimate of drug-likeness (QED) is 0.762. The van der Waals surface area contributed by atoms with Crippen molar-refractivity contribution in [3.8, 4) is 0 Å². The van der Waals surface area contributed by atoms with E-state index in [9.17, 15) is 4.79 Å². The molecule has 0 N–H and O–H groups in total. The van der Waals surface area contributed by atoms with Crippen LogP contribution >= 0.6 is 0 Å². The zero-order chi connectivity index (χ0) is 15.5. The molecule has 1 aliphatic rings. The number of hydrogen-bond acceptors (Lipinski definition) is 2. The van der Waals surface area contributed by atoms with Crippen LogP contribution in [0.3, 0.4) is 0 Å². The van der Waals surface area contributed by atoms with E-state index in [1.807, 2.05) is 55.5 Å². The molecule has 1 fully saturated rings. The molecule has 2 nitrogen and oxygen atoms in total. The molecule has 1 aliphatic carbocycles. The molecular weight excluding hydrogens is 272 g/mol. The van der Waals surface area contributed by atoms with Crippen LogP contribution in [0.5, 0.6) is 0 Å². The van der Waals surface area contributed by atoms with E-state index in [1.54, 1.807) is 0 Å². The van der Waals surface area contributed by atoms with Crippen molar-refractivity contribution in [2.75, 3.05) is 0 Å². The second kappa shape index (κ2) is 6.35. The largest absolute Gasteiger partial charge is 0.458 e. The van der Waals surface area contributed by atoms with Gasteiger partial charge in [0.15, 0.2) is 0 Å². The fraction of sp³-hybridized carbons (Fsp3) is 0.350. The van der Waals surface area contributed by atoms with E-state index in [4.69, 9.17) is 4.74 Å². The summed E-state index contributed by atoms with van der Waals surface area (Å²) in [4.78, 5) is 12.6. The van der Waals surface area contributed by atoms with Crippen molar-refractivity contribution in [2.45, 2.75) is 32.3 Å². The average Bonchev–Trinajstić information content (AvgIpc) is 2.54. The topological polar surface area (TPSA) is 26.3 Å². The van der Waals surface area contributed by atoms with Gasteiger partial charge in [0.1, 0.15) is 6.10 Å². The lowest BCUT2D eigenvalue weighted by Gasteiger charge is -2.41. The maximum absolute atomic E-state index is 12.6. The predicted octanol–water partition coefficient (Wildman–Crippen LogP) is 4.73. The number of carbonyl (C=O) groups excluding carboxylic acids is 1. The Morgan fingerprint density at radius 3 is 2.23 bits per heavy atom. The standard InChI is InChI=1S/C20H22O2/c1-14-13-18(17-11-7-4-8-12-17)19(14)20(21)22-15(2)16-9-5-3-6-10-16/h3-12,14-15,18-19H,13H2,1-2H3. The van der Waals surface area contributed by atoms with Crippen molar-refractivity contribution >= 4 is 5.97 Å². The normalized spacial score (nSPS) is 25.1. The van der Waals surface area contributed by atoms with Gasteiger partial charge in [0.2, 0.25) is 0 Å². The molecule has 22 heavy (non-hydrogen) atoms. The molecule has 0 spiro atoms. The summed E-state index contributed by atoms with van der Waals surface area (Å²) < 4.78 is 5.72. The van der Waals surface area contributed by atoms with Gasteiger partial charge in [-0.05, 0) is 36.3 Å². The summed E-state index contributed by atoms with van der Waals surface area (Å²) in [5.74, 6) is 0.602. The fourth-order valence-corrected chi connectivity index (χ4v) is 3.38. The number of benzene rings is 2. The number of rotatable bonds is 4. The minimum atomic E-state index is -0.196. The predicted molar refractivity (Wildman–Crippen MR) is 87.4 cm³/mol. The van der Waals surface area contributed by atoms with Gasteiger partial charge in [0.25, 0.3) is 0 Å². The van der Waals surface area contributed by atoms with Crippen molar-refractivity contribution in [2.24, 2.45) is 11.8 Å². The van der Waals surface area contributed by atoms with Crippen LogP contribution in [0.15, 0.2) is 60.7 Å². The first-order chi connectivity index (χ1) is 10.7. The number of ether oxygens (including phenoxy) is 1. The summed E-state index contributed by atoms with van der Waals surface area (Å²) in [6.07, 6.45) is 0.863. The van der Waals surface area contributed by atoms with Gasteiger partial charge in [-0.15, -0.1) is 0 Å². The molecular formula is C20H22O2. The Balaban J connectivity index is 1.69. The third kappa shape index (κ3) is 2.92. The van der Waals surface area contributed by atoms with Crippen molar-refractivity contribution < 1.29 is 9.53 Å². The first kappa shape index (κ1) is 14.8. The van der Waals surface area contributed by atoms with Gasteiger partial charge in [0.05, 0.1) is 5.92 Å². The molecule has 2 aromatic rings. The van der Waals surface area contributed by atoms with Crippen LogP contribution in [0, 0.1) is 11.8 Å². The lowest BCUT2D eigenvalue weighted by atomic mass is 9.63. The van der Waals surface area contributed by atoms with Crippen LogP contribution in [0.4, 0.5) is 0 Å². The smallest absolute Gasteiger partial charge is 0.310 e. The summed E-state index contributed by atoms with van der Waals surface area (Å²) in [5, 5.41) is 0. The third-order valence-electron chi connectivity index (χ3n) is 4.73. The molecule has 2 aromatic carbocycles. The zero-order valence-corrected chi connectivity index (χ0v) is 13.1. The highest BCUT2D eigenvalue weighted by molar-refractivity contribution is 5.75. The van der Waals surface area contributed by atoms with E-state index < -0.39 is 0 Å². The third-order valence-corrected chi connectivity index (χ3v) is 4.73. The molecule has 1 saturated carbocycles. The Kier molecular flexibility index (Phi) is 4.28. The van der Waals surface area contributed by atoms with E-state index in [0.29, 0.717) is 11.8 Å². The molecule has 4 atom stereocenters. The van der Waals surface area contributed by atoms with Gasteiger partial charge in [-0.1, -0.05) is 67.6 Å². The maximum Gasteiger partial charge on any atom is 0.310 e. The summed E-state index contributed by atoms with van der Waals surface area (Å²) >= 11 is 0. The minimum absolute atomic E-state index is 0.0198. The maximum atomic E-state index is 12.6. The monoisotopic (exact) mass is 294 g/mol. The summed E-state index contributed by atoms with van der Waals surface area (Å²) in [6, 6.07) is 20.2. The number of hydrogen-bond donors (Lipinski definition) is 0. The SMILES string of the molecule is CC(OC(=O)C1C(C)CC1c1ccccc1)c1ccccc1. The van der Waals surface area contributed by atoms with Crippen molar-refractivity contribution in [3.63, 3.8) is 0 Å². The van der Waals surface area contributed by atoms with E-state index in [1.165, 1.54) is 5.56 Å². The Morgan fingerprint density at radius 1 is 1.05 bits per heavy atom. The molecule has 4 unspecified atom stereocenters. The van der Waals surface area contributed by atoms with Gasteiger partial charge in [0, 0.05) is 0 Å². The first-order valence-electron chi connectivity index (χ1n) is 7.97. The molecule has 0 aliphatic heterocycles. The molecule has 2 heteroatoms. The van der Waals surface area contributed by atoms with Gasteiger partial charge in [-0.2, -0.15) is 0 Å². The van der Waals surface area contributed by atoms with Gasteiger partial charge < -0.3 is 4.74 Å². The van der Waals surface area contributed by atoms with Gasteiger partial charge in [-0.25, -0.2) is 0 Å². The summed E-state index contributed by atoms with van der Waals surface area (Å²) in [7, 11) is 0. The zero-order valence-electron chi connectivity index (χ0n) is 13.1. The Labute approximate surface area is 132 Å². The Hall–Kier alpha value is -2.09. The van der Waals surface area contributed by atoms with Gasteiger partial charge in [-0.3, -0.25) is 4.79 Å². The van der Waals surface area contributed by atoms with Crippen LogP contribution < -0.4 is 0 Å². The molecule has 0 bridgehead atoms. The van der Waals surface area contributed by atoms with Crippen molar-refractivity contribution in [3.05, 3.63) is 71.8 Å². The molecule has 0 aromatic heterocycles. The Bertz CT molecular complexity index is 621. The number of esters is 1. The van der Waals surface area contributed by atoms with Gasteiger partial charge >= 0.3 is 5.97 Å². The summed E-state index contributed by atoms with van der Waals surface area (Å²) in [6.45, 7) is 4.08. The van der Waals surface area contributed by atoms with Crippen LogP contribution in [-0.4, -0.2) is 5.97 Å². The molecule has 0 saturated heterocycles. The van der Waals surface area contributed by atoms with Crippen LogP contribution in [0.2, 0.25) is 0 Å². The molecule has 114 valence electrons. The number of carbonyl (C=O) groups is 1. The fourth-order valence-electron chi connectivity index (χ4n) is 3.38. The lowest BCUT2D eigenvalue weighted by Crippen LogP contribution is -2.40. The van der Waals surface area contributed by atoms with Crippen LogP contribution in [0.25, 0.3) is 0 Å². The van der Waals surface area contributed by atoms with E-state index in [2.05, 4.69) is 19.1 Å². The molecule has 0 radical (unpaired) electrons. The highest BCUT2D eigenvalue weighted by atomic mass is 16.5.